The van der Waals surface area contributed by atoms with Gasteiger partial charge in [-0.3, -0.25) is 0 Å². The summed E-state index contributed by atoms with van der Waals surface area (Å²) in [5.74, 6) is 2.55. The normalized spacial score (nSPS) is 10.8. The molecule has 0 heterocycles. The van der Waals surface area contributed by atoms with E-state index in [4.69, 9.17) is 0 Å². The molecule has 0 aromatic carbocycles. The van der Waals surface area contributed by atoms with Crippen LogP contribution in [0.2, 0.25) is 0 Å². The van der Waals surface area contributed by atoms with E-state index in [1.165, 1.54) is 24.5 Å². The van der Waals surface area contributed by atoms with Crippen LogP contribution in [0.25, 0.3) is 0 Å². The van der Waals surface area contributed by atoms with Crippen LogP contribution in [0.3, 0.4) is 0 Å². The van der Waals surface area contributed by atoms with Crippen LogP contribution in [0.5, 0.6) is 0 Å². The third-order valence-corrected chi connectivity index (χ3v) is 2.21. The van der Waals surface area contributed by atoms with Crippen molar-refractivity contribution in [2.24, 2.45) is 0 Å². The second kappa shape index (κ2) is 7.42. The summed E-state index contributed by atoms with van der Waals surface area (Å²) in [5.41, 5.74) is 0. The minimum atomic E-state index is 0.645. The SMILES string of the molecule is CCSCCCNC(C)C. The van der Waals surface area contributed by atoms with Crippen molar-refractivity contribution in [3.8, 4) is 0 Å². The van der Waals surface area contributed by atoms with Crippen LogP contribution >= 0.6 is 11.8 Å². The molecule has 0 atom stereocenters. The van der Waals surface area contributed by atoms with Gasteiger partial charge in [0.15, 0.2) is 0 Å². The Kier molecular flexibility index (Phi) is 7.65. The Morgan fingerprint density at radius 1 is 1.40 bits per heavy atom. The largest absolute Gasteiger partial charge is 0.315 e. The summed E-state index contributed by atoms with van der Waals surface area (Å²) in [4.78, 5) is 0. The summed E-state index contributed by atoms with van der Waals surface area (Å²) in [6, 6.07) is 0.645. The maximum atomic E-state index is 3.39. The Bertz CT molecular complexity index is 64.3. The second-order valence-electron chi connectivity index (χ2n) is 2.66. The first-order valence-electron chi connectivity index (χ1n) is 4.08. The van der Waals surface area contributed by atoms with Gasteiger partial charge in [-0.1, -0.05) is 20.8 Å². The summed E-state index contributed by atoms with van der Waals surface area (Å²) < 4.78 is 0. The van der Waals surface area contributed by atoms with E-state index in [1.54, 1.807) is 0 Å². The molecule has 0 radical (unpaired) electrons. The van der Waals surface area contributed by atoms with Gasteiger partial charge in [-0.2, -0.15) is 11.8 Å². The van der Waals surface area contributed by atoms with Crippen LogP contribution in [-0.4, -0.2) is 24.1 Å². The molecule has 0 rings (SSSR count). The van der Waals surface area contributed by atoms with Crippen molar-refractivity contribution in [1.82, 2.24) is 5.32 Å². The van der Waals surface area contributed by atoms with Gasteiger partial charge in [-0.25, -0.2) is 0 Å². The molecule has 0 aromatic rings. The number of nitrogens with one attached hydrogen (secondary N) is 1. The van der Waals surface area contributed by atoms with Crippen molar-refractivity contribution in [2.45, 2.75) is 33.2 Å². The minimum absolute atomic E-state index is 0.645. The molecule has 0 saturated heterocycles. The van der Waals surface area contributed by atoms with Crippen molar-refractivity contribution in [3.05, 3.63) is 0 Å². The summed E-state index contributed by atoms with van der Waals surface area (Å²) in [6.45, 7) is 7.76. The molecule has 0 spiro atoms. The lowest BCUT2D eigenvalue weighted by Crippen LogP contribution is -2.23. The molecule has 0 aliphatic heterocycles. The van der Waals surface area contributed by atoms with Gasteiger partial charge >= 0.3 is 0 Å². The van der Waals surface area contributed by atoms with Gasteiger partial charge in [0.05, 0.1) is 0 Å². The zero-order valence-electron chi connectivity index (χ0n) is 7.31. The van der Waals surface area contributed by atoms with Gasteiger partial charge in [0.25, 0.3) is 0 Å². The molecule has 1 N–H and O–H groups in total. The van der Waals surface area contributed by atoms with Crippen LogP contribution in [0.1, 0.15) is 27.2 Å². The van der Waals surface area contributed by atoms with E-state index in [9.17, 15) is 0 Å². The average Bonchev–Trinajstić information content (AvgIpc) is 1.87. The Balaban J connectivity index is 2.77. The lowest BCUT2D eigenvalue weighted by atomic mass is 10.4. The summed E-state index contributed by atoms with van der Waals surface area (Å²) in [5, 5.41) is 3.39. The third-order valence-electron chi connectivity index (χ3n) is 1.22. The average molecular weight is 161 g/mol. The lowest BCUT2D eigenvalue weighted by Gasteiger charge is -2.06. The van der Waals surface area contributed by atoms with Crippen LogP contribution in [-0.2, 0) is 0 Å². The highest BCUT2D eigenvalue weighted by atomic mass is 32.2. The van der Waals surface area contributed by atoms with Crippen molar-refractivity contribution >= 4 is 11.8 Å². The molecule has 62 valence electrons. The molecule has 2 heteroatoms. The predicted molar refractivity (Wildman–Crippen MR) is 50.8 cm³/mol. The molecule has 0 saturated carbocycles. The van der Waals surface area contributed by atoms with Crippen molar-refractivity contribution < 1.29 is 0 Å². The fraction of sp³-hybridized carbons (Fsp3) is 1.00. The fourth-order valence-corrected chi connectivity index (χ4v) is 1.35. The monoisotopic (exact) mass is 161 g/mol. The molecule has 0 aliphatic carbocycles. The first-order chi connectivity index (χ1) is 4.77. The van der Waals surface area contributed by atoms with E-state index < -0.39 is 0 Å². The van der Waals surface area contributed by atoms with E-state index in [-0.39, 0.29) is 0 Å². The van der Waals surface area contributed by atoms with Gasteiger partial charge in [0.1, 0.15) is 0 Å². The molecule has 0 aromatic heterocycles. The zero-order valence-corrected chi connectivity index (χ0v) is 8.13. The van der Waals surface area contributed by atoms with Gasteiger partial charge < -0.3 is 5.32 Å². The Labute approximate surface area is 69.0 Å². The van der Waals surface area contributed by atoms with Gasteiger partial charge in [-0.05, 0) is 24.5 Å². The highest BCUT2D eigenvalue weighted by Gasteiger charge is 1.90. The Morgan fingerprint density at radius 2 is 2.10 bits per heavy atom. The second-order valence-corrected chi connectivity index (χ2v) is 4.05. The Hall–Kier alpha value is 0.310. The highest BCUT2D eigenvalue weighted by Crippen LogP contribution is 1.99. The van der Waals surface area contributed by atoms with E-state index in [0.29, 0.717) is 6.04 Å². The maximum Gasteiger partial charge on any atom is 0.00103 e. The lowest BCUT2D eigenvalue weighted by molar-refractivity contribution is 0.586. The Morgan fingerprint density at radius 3 is 2.60 bits per heavy atom. The number of hydrogen-bond donors (Lipinski definition) is 1. The summed E-state index contributed by atoms with van der Waals surface area (Å²) >= 11 is 2.02. The fourth-order valence-electron chi connectivity index (χ4n) is 0.709. The predicted octanol–water partition coefficient (Wildman–Crippen LogP) is 2.13. The van der Waals surface area contributed by atoms with Gasteiger partial charge in [-0.15, -0.1) is 0 Å². The quantitative estimate of drug-likeness (QED) is 0.599. The minimum Gasteiger partial charge on any atom is -0.315 e. The van der Waals surface area contributed by atoms with Gasteiger partial charge in [0.2, 0.25) is 0 Å². The summed E-state index contributed by atoms with van der Waals surface area (Å²) in [7, 11) is 0. The smallest absolute Gasteiger partial charge is 0.00103 e. The van der Waals surface area contributed by atoms with Crippen molar-refractivity contribution in [2.75, 3.05) is 18.1 Å². The first kappa shape index (κ1) is 10.3. The summed E-state index contributed by atoms with van der Waals surface area (Å²) in [6.07, 6.45) is 1.30. The molecule has 10 heavy (non-hydrogen) atoms. The molecule has 0 unspecified atom stereocenters. The van der Waals surface area contributed by atoms with Crippen LogP contribution in [0, 0.1) is 0 Å². The topological polar surface area (TPSA) is 12.0 Å². The molecular weight excluding hydrogens is 142 g/mol. The number of thioether (sulfide) groups is 1. The molecule has 0 fully saturated rings. The molecule has 1 nitrogen and oxygen atoms in total. The maximum absolute atomic E-state index is 3.39. The van der Waals surface area contributed by atoms with Crippen molar-refractivity contribution in [1.29, 1.82) is 0 Å². The van der Waals surface area contributed by atoms with E-state index >= 15 is 0 Å². The highest BCUT2D eigenvalue weighted by molar-refractivity contribution is 7.99. The molecule has 0 aliphatic rings. The standard InChI is InChI=1S/C8H19NS/c1-4-10-7-5-6-9-8(2)3/h8-9H,4-7H2,1-3H3. The van der Waals surface area contributed by atoms with Crippen LogP contribution < -0.4 is 5.32 Å². The first-order valence-corrected chi connectivity index (χ1v) is 5.24. The number of rotatable bonds is 6. The van der Waals surface area contributed by atoms with E-state index in [0.717, 1.165) is 0 Å². The molecule has 0 amide bonds. The zero-order chi connectivity index (χ0) is 7.82. The van der Waals surface area contributed by atoms with Gasteiger partial charge in [0, 0.05) is 6.04 Å². The van der Waals surface area contributed by atoms with Crippen LogP contribution in [0.15, 0.2) is 0 Å². The van der Waals surface area contributed by atoms with Crippen molar-refractivity contribution in [3.63, 3.8) is 0 Å². The molecule has 0 bridgehead atoms. The molecular formula is C8H19NS. The van der Waals surface area contributed by atoms with Crippen LogP contribution in [0.4, 0.5) is 0 Å². The van der Waals surface area contributed by atoms with E-state index in [2.05, 4.69) is 26.1 Å². The third kappa shape index (κ3) is 8.31. The van der Waals surface area contributed by atoms with E-state index in [1.807, 2.05) is 11.8 Å². The number of hydrogen-bond acceptors (Lipinski definition) is 2.